The Hall–Kier alpha value is -2.14. The summed E-state index contributed by atoms with van der Waals surface area (Å²) in [6.45, 7) is 0. The number of ether oxygens (including phenoxy) is 1. The summed E-state index contributed by atoms with van der Waals surface area (Å²) in [5.74, 6) is -0.852. The highest BCUT2D eigenvalue weighted by atomic mass is 16.7. The van der Waals surface area contributed by atoms with Crippen molar-refractivity contribution in [3.63, 3.8) is 0 Å². The molecule has 0 spiro atoms. The molecule has 1 aromatic rings. The average Bonchev–Trinajstić information content (AvgIpc) is 2.27. The molecule has 0 radical (unpaired) electrons. The smallest absolute Gasteiger partial charge is 0.349 e. The lowest BCUT2D eigenvalue weighted by atomic mass is 10.3. The van der Waals surface area contributed by atoms with Gasteiger partial charge in [-0.2, -0.15) is 0 Å². The van der Waals surface area contributed by atoms with Crippen LogP contribution >= 0.6 is 0 Å². The molecule has 0 heterocycles. The van der Waals surface area contributed by atoms with E-state index in [1.54, 1.807) is 38.4 Å². The predicted octanol–water partition coefficient (Wildman–Crippen LogP) is 1.17. The molecule has 17 heavy (non-hydrogen) atoms. The molecule has 90 valence electrons. The lowest BCUT2D eigenvalue weighted by molar-refractivity contribution is -0.171. The van der Waals surface area contributed by atoms with Crippen LogP contribution in [0.4, 0.5) is 0 Å². The van der Waals surface area contributed by atoms with Crippen molar-refractivity contribution in [2.24, 2.45) is 0 Å². The van der Waals surface area contributed by atoms with Gasteiger partial charge in [-0.15, -0.1) is 5.06 Å². The van der Waals surface area contributed by atoms with Crippen molar-refractivity contribution in [1.82, 2.24) is 5.06 Å². The first-order valence-electron chi connectivity index (χ1n) is 4.92. The summed E-state index contributed by atoms with van der Waals surface area (Å²) in [4.78, 5) is 27.0. The number of rotatable bonds is 4. The number of esters is 1. The number of nitrogens with zero attached hydrogens (tertiary/aromatic N) is 1. The first-order valence-corrected chi connectivity index (χ1v) is 4.92. The van der Waals surface area contributed by atoms with E-state index < -0.39 is 11.9 Å². The summed E-state index contributed by atoms with van der Waals surface area (Å²) in [5, 5.41) is 1.23. The molecule has 1 aromatic carbocycles. The van der Waals surface area contributed by atoms with Crippen LogP contribution in [0.2, 0.25) is 0 Å². The van der Waals surface area contributed by atoms with Crippen LogP contribution in [0, 0.1) is 0 Å². The van der Waals surface area contributed by atoms with Gasteiger partial charge in [0.05, 0.1) is 0 Å². The fraction of sp³-hybridized carbons (Fsp3) is 0.167. The third kappa shape index (κ3) is 5.48. The molecule has 0 amide bonds. The zero-order valence-corrected chi connectivity index (χ0v) is 9.62. The molecule has 0 N–H and O–H groups in total. The van der Waals surface area contributed by atoms with Crippen molar-refractivity contribution >= 4 is 11.9 Å². The Bertz CT molecular complexity index is 412. The summed E-state index contributed by atoms with van der Waals surface area (Å²) in [6, 6.07) is 8.58. The second-order valence-electron chi connectivity index (χ2n) is 3.29. The summed E-state index contributed by atoms with van der Waals surface area (Å²) < 4.78 is 4.92. The van der Waals surface area contributed by atoms with Gasteiger partial charge in [0.25, 0.3) is 0 Å². The second-order valence-corrected chi connectivity index (χ2v) is 3.29. The topological polar surface area (TPSA) is 55.8 Å². The maximum atomic E-state index is 11.3. The lowest BCUT2D eigenvalue weighted by Crippen LogP contribution is -2.17. The molecule has 0 bridgehead atoms. The molecule has 0 aromatic heterocycles. The van der Waals surface area contributed by atoms with E-state index in [9.17, 15) is 9.59 Å². The van der Waals surface area contributed by atoms with Crippen LogP contribution in [0.3, 0.4) is 0 Å². The van der Waals surface area contributed by atoms with Crippen molar-refractivity contribution in [3.8, 4) is 5.75 Å². The van der Waals surface area contributed by atoms with Gasteiger partial charge in [-0.25, -0.2) is 9.59 Å². The molecule has 0 fully saturated rings. The molecule has 0 aliphatic rings. The first kappa shape index (κ1) is 12.9. The van der Waals surface area contributed by atoms with Crippen LogP contribution in [0.5, 0.6) is 5.75 Å². The molecule has 0 saturated heterocycles. The van der Waals surface area contributed by atoms with E-state index in [0.29, 0.717) is 5.75 Å². The van der Waals surface area contributed by atoms with Crippen molar-refractivity contribution in [2.75, 3.05) is 14.1 Å². The number of carbonyl (C=O) groups excluding carboxylic acids is 2. The second kappa shape index (κ2) is 6.44. The van der Waals surface area contributed by atoms with E-state index in [-0.39, 0.29) is 0 Å². The molecule has 0 saturated carbocycles. The molecule has 5 nitrogen and oxygen atoms in total. The largest absolute Gasteiger partial charge is 0.423 e. The summed E-state index contributed by atoms with van der Waals surface area (Å²) in [6.07, 6.45) is 2.02. The number of hydrogen-bond donors (Lipinski definition) is 0. The number of carbonyl (C=O) groups is 2. The molecular formula is C12H13NO4. The van der Waals surface area contributed by atoms with Crippen molar-refractivity contribution < 1.29 is 19.2 Å². The van der Waals surface area contributed by atoms with Gasteiger partial charge in [0.1, 0.15) is 5.75 Å². The third-order valence-electron chi connectivity index (χ3n) is 1.59. The van der Waals surface area contributed by atoms with E-state index in [0.717, 1.165) is 12.2 Å². The highest BCUT2D eigenvalue weighted by Crippen LogP contribution is 2.08. The van der Waals surface area contributed by atoms with Crippen LogP contribution in [-0.2, 0) is 14.4 Å². The van der Waals surface area contributed by atoms with Crippen molar-refractivity contribution in [2.45, 2.75) is 0 Å². The normalized spacial score (nSPS) is 10.5. The fourth-order valence-corrected chi connectivity index (χ4v) is 0.985. The maximum Gasteiger partial charge on any atom is 0.349 e. The third-order valence-corrected chi connectivity index (χ3v) is 1.59. The highest BCUT2D eigenvalue weighted by molar-refractivity contribution is 5.92. The maximum absolute atomic E-state index is 11.3. The first-order chi connectivity index (χ1) is 8.08. The Morgan fingerprint density at radius 3 is 2.24 bits per heavy atom. The quantitative estimate of drug-likeness (QED) is 0.339. The van der Waals surface area contributed by atoms with E-state index in [1.807, 2.05) is 6.07 Å². The van der Waals surface area contributed by atoms with Gasteiger partial charge in [-0.1, -0.05) is 18.2 Å². The molecular weight excluding hydrogens is 222 g/mol. The summed E-state index contributed by atoms with van der Waals surface area (Å²) in [7, 11) is 3.13. The zero-order chi connectivity index (χ0) is 12.7. The minimum atomic E-state index is -0.639. The zero-order valence-electron chi connectivity index (χ0n) is 9.62. The monoisotopic (exact) mass is 235 g/mol. The predicted molar refractivity (Wildman–Crippen MR) is 61.0 cm³/mol. The fourth-order valence-electron chi connectivity index (χ4n) is 0.985. The van der Waals surface area contributed by atoms with Gasteiger partial charge in [-0.3, -0.25) is 0 Å². The van der Waals surface area contributed by atoms with Gasteiger partial charge in [-0.05, 0) is 12.1 Å². The number of hydroxylamine groups is 2. The number of benzene rings is 1. The highest BCUT2D eigenvalue weighted by Gasteiger charge is 2.03. The SMILES string of the molecule is CN(C)OC(=O)/C=C\C(=O)Oc1ccccc1. The summed E-state index contributed by atoms with van der Waals surface area (Å²) >= 11 is 0. The van der Waals surface area contributed by atoms with Crippen LogP contribution in [-0.4, -0.2) is 31.1 Å². The van der Waals surface area contributed by atoms with Crippen LogP contribution in [0.25, 0.3) is 0 Å². The van der Waals surface area contributed by atoms with Gasteiger partial charge in [0, 0.05) is 26.2 Å². The molecule has 0 aliphatic heterocycles. The van der Waals surface area contributed by atoms with E-state index in [2.05, 4.69) is 4.84 Å². The summed E-state index contributed by atoms with van der Waals surface area (Å²) in [5.41, 5.74) is 0. The number of para-hydroxylation sites is 1. The Morgan fingerprint density at radius 2 is 1.65 bits per heavy atom. The lowest BCUT2D eigenvalue weighted by Gasteiger charge is -2.06. The molecule has 1 rings (SSSR count). The number of hydrogen-bond acceptors (Lipinski definition) is 5. The van der Waals surface area contributed by atoms with Crippen molar-refractivity contribution in [1.29, 1.82) is 0 Å². The van der Waals surface area contributed by atoms with E-state index in [1.165, 1.54) is 5.06 Å². The minimum Gasteiger partial charge on any atom is -0.423 e. The van der Waals surface area contributed by atoms with Gasteiger partial charge in [0.15, 0.2) is 0 Å². The standard InChI is InChI=1S/C12H13NO4/c1-13(2)17-12(15)9-8-11(14)16-10-6-4-3-5-7-10/h3-9H,1-2H3/b9-8-. The Balaban J connectivity index is 2.45. The Labute approximate surface area is 99.2 Å². The Morgan fingerprint density at radius 1 is 1.06 bits per heavy atom. The van der Waals surface area contributed by atoms with Crippen LogP contribution in [0.15, 0.2) is 42.5 Å². The molecule has 0 aliphatic carbocycles. The van der Waals surface area contributed by atoms with Gasteiger partial charge in [0.2, 0.25) is 0 Å². The molecule has 0 unspecified atom stereocenters. The van der Waals surface area contributed by atoms with Crippen molar-refractivity contribution in [3.05, 3.63) is 42.5 Å². The average molecular weight is 235 g/mol. The van der Waals surface area contributed by atoms with E-state index in [4.69, 9.17) is 4.74 Å². The van der Waals surface area contributed by atoms with Gasteiger partial charge < -0.3 is 9.57 Å². The van der Waals surface area contributed by atoms with Crippen LogP contribution < -0.4 is 4.74 Å². The Kier molecular flexibility index (Phi) is 4.90. The minimum absolute atomic E-state index is 0.420. The molecule has 5 heteroatoms. The van der Waals surface area contributed by atoms with Crippen LogP contribution in [0.1, 0.15) is 0 Å². The molecule has 0 atom stereocenters. The van der Waals surface area contributed by atoms with E-state index >= 15 is 0 Å². The van der Waals surface area contributed by atoms with Gasteiger partial charge >= 0.3 is 11.9 Å².